The Kier molecular flexibility index (Phi) is 3.91. The van der Waals surface area contributed by atoms with E-state index in [2.05, 4.69) is 41.3 Å². The minimum atomic E-state index is -0.0717. The van der Waals surface area contributed by atoms with Gasteiger partial charge in [-0.05, 0) is 20.8 Å². The maximum absolute atomic E-state index is 6.05. The van der Waals surface area contributed by atoms with Crippen LogP contribution in [-0.2, 0) is 25.7 Å². The van der Waals surface area contributed by atoms with Crippen molar-refractivity contribution >= 4 is 11.6 Å². The number of aromatic nitrogens is 5. The molecule has 2 heterocycles. The predicted molar refractivity (Wildman–Crippen MR) is 73.8 cm³/mol. The van der Waals surface area contributed by atoms with Crippen molar-refractivity contribution in [2.75, 3.05) is 0 Å². The maximum Gasteiger partial charge on any atom is 0.141 e. The van der Waals surface area contributed by atoms with Crippen molar-refractivity contribution in [1.29, 1.82) is 0 Å². The van der Waals surface area contributed by atoms with Crippen LogP contribution in [0.15, 0.2) is 12.5 Å². The lowest BCUT2D eigenvalue weighted by Gasteiger charge is -2.21. The number of aryl methyl sites for hydroxylation is 1. The van der Waals surface area contributed by atoms with Crippen molar-refractivity contribution in [2.24, 2.45) is 7.05 Å². The number of hydrogen-bond donors (Lipinski definition) is 1. The molecule has 1 N–H and O–H groups in total. The molecule has 0 fully saturated rings. The van der Waals surface area contributed by atoms with E-state index in [1.54, 1.807) is 17.2 Å². The molecule has 0 atom stereocenters. The van der Waals surface area contributed by atoms with Crippen LogP contribution in [-0.4, -0.2) is 24.5 Å². The summed E-state index contributed by atoms with van der Waals surface area (Å²) in [6.45, 7) is 7.58. The van der Waals surface area contributed by atoms with Gasteiger partial charge in [0, 0.05) is 13.6 Å². The number of nitrogens with one attached hydrogen (secondary N) is 1. The molecule has 0 aromatic carbocycles. The first-order valence-electron chi connectivity index (χ1n) is 6.16. The van der Waals surface area contributed by atoms with Crippen LogP contribution in [0, 0.1) is 0 Å². The molecule has 0 radical (unpaired) electrons. The lowest BCUT2D eigenvalue weighted by molar-refractivity contribution is 0.337. The van der Waals surface area contributed by atoms with Gasteiger partial charge in [-0.2, -0.15) is 10.2 Å². The fourth-order valence-electron chi connectivity index (χ4n) is 1.87. The summed E-state index contributed by atoms with van der Waals surface area (Å²) in [6.07, 6.45) is 3.23. The number of halogens is 1. The van der Waals surface area contributed by atoms with E-state index in [1.165, 1.54) is 0 Å². The summed E-state index contributed by atoms with van der Waals surface area (Å²) < 4.78 is 3.69. The van der Waals surface area contributed by atoms with Crippen molar-refractivity contribution in [2.45, 2.75) is 39.4 Å². The van der Waals surface area contributed by atoms with Crippen LogP contribution >= 0.6 is 11.6 Å². The smallest absolute Gasteiger partial charge is 0.141 e. The van der Waals surface area contributed by atoms with Gasteiger partial charge in [-0.25, -0.2) is 9.67 Å². The molecule has 0 unspecified atom stereocenters. The number of nitrogens with zero attached hydrogens (tertiary/aromatic N) is 5. The Morgan fingerprint density at radius 2 is 2.00 bits per heavy atom. The largest absolute Gasteiger partial charge is 0.304 e. The van der Waals surface area contributed by atoms with E-state index in [4.69, 9.17) is 11.6 Å². The van der Waals surface area contributed by atoms with Crippen LogP contribution in [0.1, 0.15) is 32.3 Å². The van der Waals surface area contributed by atoms with Gasteiger partial charge in [0.1, 0.15) is 12.2 Å². The molecule has 0 saturated heterocycles. The van der Waals surface area contributed by atoms with Crippen LogP contribution in [0.25, 0.3) is 0 Å². The van der Waals surface area contributed by atoms with E-state index in [0.717, 1.165) is 11.5 Å². The van der Waals surface area contributed by atoms with Crippen molar-refractivity contribution in [3.8, 4) is 0 Å². The van der Waals surface area contributed by atoms with E-state index in [0.29, 0.717) is 18.1 Å². The molecule has 0 bridgehead atoms. The fraction of sp³-hybridized carbons (Fsp3) is 0.583. The molecule has 0 spiro atoms. The zero-order valence-electron chi connectivity index (χ0n) is 11.7. The van der Waals surface area contributed by atoms with Crippen molar-refractivity contribution in [3.05, 3.63) is 29.1 Å². The second-order valence-corrected chi connectivity index (χ2v) is 5.83. The second kappa shape index (κ2) is 5.30. The highest BCUT2D eigenvalue weighted by Gasteiger charge is 2.18. The lowest BCUT2D eigenvalue weighted by Crippen LogP contribution is -2.28. The summed E-state index contributed by atoms with van der Waals surface area (Å²) in [5.74, 6) is 0.908. The Bertz CT molecular complexity index is 531. The van der Waals surface area contributed by atoms with E-state index in [1.807, 2.05) is 11.7 Å². The first-order chi connectivity index (χ1) is 8.89. The van der Waals surface area contributed by atoms with Crippen molar-refractivity contribution in [3.63, 3.8) is 0 Å². The standard InChI is InChI=1S/C12H19ClN6/c1-12(2,3)19-11(15-8-17-19)7-14-6-10-9(13)5-16-18(10)4/h5,8,14H,6-7H2,1-4H3. The molecule has 0 aliphatic heterocycles. The normalized spacial score (nSPS) is 12.1. The van der Waals surface area contributed by atoms with Gasteiger partial charge < -0.3 is 5.32 Å². The third-order valence-corrected chi connectivity index (χ3v) is 3.16. The molecular formula is C12H19ClN6. The highest BCUT2D eigenvalue weighted by molar-refractivity contribution is 6.31. The summed E-state index contributed by atoms with van der Waals surface area (Å²) in [7, 11) is 1.88. The van der Waals surface area contributed by atoms with E-state index < -0.39 is 0 Å². The van der Waals surface area contributed by atoms with Gasteiger partial charge in [-0.15, -0.1) is 0 Å². The van der Waals surface area contributed by atoms with Gasteiger partial charge in [0.2, 0.25) is 0 Å². The van der Waals surface area contributed by atoms with Crippen molar-refractivity contribution in [1.82, 2.24) is 29.9 Å². The second-order valence-electron chi connectivity index (χ2n) is 5.43. The molecule has 19 heavy (non-hydrogen) atoms. The van der Waals surface area contributed by atoms with E-state index >= 15 is 0 Å². The Morgan fingerprint density at radius 3 is 2.58 bits per heavy atom. The number of rotatable bonds is 4. The third kappa shape index (κ3) is 3.13. The quantitative estimate of drug-likeness (QED) is 0.927. The molecule has 2 rings (SSSR count). The highest BCUT2D eigenvalue weighted by atomic mass is 35.5. The Balaban J connectivity index is 1.99. The SMILES string of the molecule is Cn1ncc(Cl)c1CNCc1ncnn1C(C)(C)C. The topological polar surface area (TPSA) is 60.6 Å². The van der Waals surface area contributed by atoms with Crippen molar-refractivity contribution < 1.29 is 0 Å². The first-order valence-corrected chi connectivity index (χ1v) is 6.54. The van der Waals surface area contributed by atoms with Gasteiger partial charge >= 0.3 is 0 Å². The van der Waals surface area contributed by atoms with Gasteiger partial charge in [0.15, 0.2) is 0 Å². The zero-order chi connectivity index (χ0) is 14.0. The van der Waals surface area contributed by atoms with Crippen LogP contribution in [0.4, 0.5) is 0 Å². The van der Waals surface area contributed by atoms with Crippen LogP contribution < -0.4 is 5.32 Å². The lowest BCUT2D eigenvalue weighted by atomic mass is 10.1. The third-order valence-electron chi connectivity index (χ3n) is 2.84. The van der Waals surface area contributed by atoms with Crippen LogP contribution in [0.2, 0.25) is 5.02 Å². The Hall–Kier alpha value is -1.40. The first kappa shape index (κ1) is 14.0. The summed E-state index contributed by atoms with van der Waals surface area (Å²) in [6, 6.07) is 0. The fourth-order valence-corrected chi connectivity index (χ4v) is 2.11. The molecule has 104 valence electrons. The van der Waals surface area contributed by atoms with Crippen LogP contribution in [0.5, 0.6) is 0 Å². The minimum Gasteiger partial charge on any atom is -0.304 e. The van der Waals surface area contributed by atoms with E-state index in [9.17, 15) is 0 Å². The molecule has 2 aromatic heterocycles. The molecule has 2 aromatic rings. The molecular weight excluding hydrogens is 264 g/mol. The van der Waals surface area contributed by atoms with Crippen LogP contribution in [0.3, 0.4) is 0 Å². The molecule has 6 nitrogen and oxygen atoms in total. The Labute approximate surface area is 117 Å². The predicted octanol–water partition coefficient (Wildman–Crippen LogP) is 1.71. The summed E-state index contributed by atoms with van der Waals surface area (Å²) in [5, 5.41) is 12.3. The number of hydrogen-bond acceptors (Lipinski definition) is 4. The molecule has 0 saturated carbocycles. The summed E-state index contributed by atoms with van der Waals surface area (Å²) >= 11 is 6.05. The summed E-state index contributed by atoms with van der Waals surface area (Å²) in [5.41, 5.74) is 0.890. The average Bonchev–Trinajstić information content (AvgIpc) is 2.89. The maximum atomic E-state index is 6.05. The molecule has 7 heteroatoms. The molecule has 0 aliphatic rings. The van der Waals surface area contributed by atoms with Gasteiger partial charge in [-0.1, -0.05) is 11.6 Å². The molecule has 0 aliphatic carbocycles. The highest BCUT2D eigenvalue weighted by Crippen LogP contribution is 2.15. The van der Waals surface area contributed by atoms with Gasteiger partial charge in [-0.3, -0.25) is 4.68 Å². The zero-order valence-corrected chi connectivity index (χ0v) is 12.4. The average molecular weight is 283 g/mol. The summed E-state index contributed by atoms with van der Waals surface area (Å²) in [4.78, 5) is 4.28. The van der Waals surface area contributed by atoms with Gasteiger partial charge in [0.05, 0.1) is 29.0 Å². The van der Waals surface area contributed by atoms with Gasteiger partial charge in [0.25, 0.3) is 0 Å². The van der Waals surface area contributed by atoms with E-state index in [-0.39, 0.29) is 5.54 Å². The monoisotopic (exact) mass is 282 g/mol. The molecule has 0 amide bonds. The minimum absolute atomic E-state index is 0.0717. The Morgan fingerprint density at radius 1 is 1.26 bits per heavy atom.